The molecule has 1 N–H and O–H groups in total. The number of aromatic nitrogens is 1. The van der Waals surface area contributed by atoms with Crippen molar-refractivity contribution >= 4 is 23.2 Å². The molecule has 0 radical (unpaired) electrons. The van der Waals surface area contributed by atoms with Gasteiger partial charge in [-0.2, -0.15) is 0 Å². The highest BCUT2D eigenvalue weighted by Gasteiger charge is 2.39. The predicted molar refractivity (Wildman–Crippen MR) is 92.2 cm³/mol. The fourth-order valence-electron chi connectivity index (χ4n) is 3.04. The fraction of sp³-hybridized carbons (Fsp3) is 0.389. The first kappa shape index (κ1) is 17.5. The Morgan fingerprint density at radius 3 is 2.88 bits per heavy atom. The van der Waals surface area contributed by atoms with Crippen LogP contribution >= 0.6 is 11.3 Å². The fourth-order valence-corrected chi connectivity index (χ4v) is 3.84. The quantitative estimate of drug-likeness (QED) is 0.907. The van der Waals surface area contributed by atoms with E-state index in [4.69, 9.17) is 0 Å². The van der Waals surface area contributed by atoms with Gasteiger partial charge >= 0.3 is 5.97 Å². The number of aliphatic carboxylic acids is 1. The van der Waals surface area contributed by atoms with Crippen LogP contribution in [0.4, 0.5) is 4.39 Å². The largest absolute Gasteiger partial charge is 0.481 e. The highest BCUT2D eigenvalue weighted by Crippen LogP contribution is 2.30. The maximum Gasteiger partial charge on any atom is 0.311 e. The molecule has 1 aliphatic heterocycles. The summed E-state index contributed by atoms with van der Waals surface area (Å²) in [6.45, 7) is 2.38. The SMILES string of the molecule is CC1(C(=O)O)CCCN(C(=O)c2csc(Cc3ccccc3F)n2)C1. The zero-order chi connectivity index (χ0) is 18.0. The number of carbonyl (C=O) groups excluding carboxylic acids is 1. The van der Waals surface area contributed by atoms with Crippen molar-refractivity contribution in [2.75, 3.05) is 13.1 Å². The van der Waals surface area contributed by atoms with E-state index in [0.29, 0.717) is 42.1 Å². The number of thiazole rings is 1. The molecule has 1 atom stereocenters. The second-order valence-electron chi connectivity index (χ2n) is 6.59. The van der Waals surface area contributed by atoms with Gasteiger partial charge in [0.25, 0.3) is 5.91 Å². The molecule has 0 saturated carbocycles. The molecular weight excluding hydrogens is 343 g/mol. The van der Waals surface area contributed by atoms with Crippen LogP contribution in [-0.4, -0.2) is 40.0 Å². The van der Waals surface area contributed by atoms with Crippen LogP contribution in [-0.2, 0) is 11.2 Å². The maximum absolute atomic E-state index is 13.7. The summed E-state index contributed by atoms with van der Waals surface area (Å²) >= 11 is 1.31. The summed E-state index contributed by atoms with van der Waals surface area (Å²) < 4.78 is 13.7. The number of piperidine rings is 1. The van der Waals surface area contributed by atoms with Crippen molar-refractivity contribution in [3.8, 4) is 0 Å². The van der Waals surface area contributed by atoms with Crippen LogP contribution < -0.4 is 0 Å². The second-order valence-corrected chi connectivity index (χ2v) is 7.53. The predicted octanol–water partition coefficient (Wildman–Crippen LogP) is 3.20. The van der Waals surface area contributed by atoms with Gasteiger partial charge in [-0.3, -0.25) is 9.59 Å². The molecule has 1 fully saturated rings. The number of hydrogen-bond acceptors (Lipinski definition) is 4. The molecule has 7 heteroatoms. The lowest BCUT2D eigenvalue weighted by Gasteiger charge is -2.37. The van der Waals surface area contributed by atoms with Gasteiger partial charge in [0.1, 0.15) is 11.5 Å². The Morgan fingerprint density at radius 1 is 1.40 bits per heavy atom. The van der Waals surface area contributed by atoms with Crippen LogP contribution in [0, 0.1) is 11.2 Å². The number of hydrogen-bond donors (Lipinski definition) is 1. The topological polar surface area (TPSA) is 70.5 Å². The van der Waals surface area contributed by atoms with Crippen LogP contribution in [0.1, 0.15) is 40.8 Å². The minimum atomic E-state index is -0.917. The molecule has 1 aliphatic rings. The van der Waals surface area contributed by atoms with E-state index in [0.717, 1.165) is 0 Å². The molecule has 1 unspecified atom stereocenters. The molecule has 5 nitrogen and oxygen atoms in total. The first-order valence-electron chi connectivity index (χ1n) is 8.09. The van der Waals surface area contributed by atoms with Gasteiger partial charge in [-0.15, -0.1) is 11.3 Å². The Hall–Kier alpha value is -2.28. The Kier molecular flexibility index (Phi) is 4.85. The summed E-state index contributed by atoms with van der Waals surface area (Å²) in [6, 6.07) is 6.49. The van der Waals surface area contributed by atoms with Crippen LogP contribution in [0.25, 0.3) is 0 Å². The normalized spacial score (nSPS) is 20.5. The molecule has 0 aliphatic carbocycles. The van der Waals surface area contributed by atoms with Gasteiger partial charge in [-0.05, 0) is 31.4 Å². The average Bonchev–Trinajstić information content (AvgIpc) is 3.05. The third-order valence-electron chi connectivity index (χ3n) is 4.57. The van der Waals surface area contributed by atoms with E-state index < -0.39 is 11.4 Å². The standard InChI is InChI=1S/C18H19FN2O3S/c1-18(17(23)24)7-4-8-21(11-18)16(22)14-10-25-15(20-14)9-12-5-2-3-6-13(12)19/h2-3,5-6,10H,4,7-9,11H2,1H3,(H,23,24). The van der Waals surface area contributed by atoms with Crippen LogP contribution in [0.2, 0.25) is 0 Å². The minimum Gasteiger partial charge on any atom is -0.481 e. The van der Waals surface area contributed by atoms with Crippen LogP contribution in [0.3, 0.4) is 0 Å². The molecule has 1 aromatic carbocycles. The number of carboxylic acid groups (broad SMARTS) is 1. The number of amides is 1. The number of rotatable bonds is 4. The summed E-state index contributed by atoms with van der Waals surface area (Å²) in [6.07, 6.45) is 1.54. The van der Waals surface area contributed by atoms with Gasteiger partial charge in [0.05, 0.1) is 10.4 Å². The van der Waals surface area contributed by atoms with Crippen molar-refractivity contribution in [3.63, 3.8) is 0 Å². The number of likely N-dealkylation sites (tertiary alicyclic amines) is 1. The monoisotopic (exact) mass is 362 g/mol. The zero-order valence-corrected chi connectivity index (χ0v) is 14.7. The molecule has 1 aromatic heterocycles. The summed E-state index contributed by atoms with van der Waals surface area (Å²) in [5.41, 5.74) is -0.0850. The molecule has 0 bridgehead atoms. The zero-order valence-electron chi connectivity index (χ0n) is 13.9. The number of benzene rings is 1. The van der Waals surface area contributed by atoms with Gasteiger partial charge < -0.3 is 10.0 Å². The number of carboxylic acids is 1. The Balaban J connectivity index is 1.72. The first-order chi connectivity index (χ1) is 11.9. The molecule has 2 aromatic rings. The molecule has 0 spiro atoms. The van der Waals surface area contributed by atoms with Crippen molar-refractivity contribution in [2.24, 2.45) is 5.41 Å². The molecule has 2 heterocycles. The van der Waals surface area contributed by atoms with Gasteiger partial charge in [0, 0.05) is 24.9 Å². The molecule has 132 valence electrons. The molecular formula is C18H19FN2O3S. The molecule has 1 amide bonds. The number of nitrogens with zero attached hydrogens (tertiary/aromatic N) is 2. The average molecular weight is 362 g/mol. The summed E-state index contributed by atoms with van der Waals surface area (Å²) in [5.74, 6) is -1.44. The maximum atomic E-state index is 13.7. The Bertz CT molecular complexity index is 807. The summed E-state index contributed by atoms with van der Waals surface area (Å²) in [4.78, 5) is 30.0. The first-order valence-corrected chi connectivity index (χ1v) is 8.97. The summed E-state index contributed by atoms with van der Waals surface area (Å²) in [5, 5.41) is 11.7. The van der Waals surface area contributed by atoms with E-state index >= 15 is 0 Å². The van der Waals surface area contributed by atoms with E-state index in [1.165, 1.54) is 17.4 Å². The lowest BCUT2D eigenvalue weighted by molar-refractivity contribution is -0.150. The summed E-state index contributed by atoms with van der Waals surface area (Å²) in [7, 11) is 0. The van der Waals surface area contributed by atoms with Crippen LogP contribution in [0.5, 0.6) is 0 Å². The molecule has 3 rings (SSSR count). The van der Waals surface area contributed by atoms with Gasteiger partial charge in [-0.1, -0.05) is 18.2 Å². The smallest absolute Gasteiger partial charge is 0.311 e. The van der Waals surface area contributed by atoms with E-state index in [9.17, 15) is 19.1 Å². The minimum absolute atomic E-state index is 0.182. The van der Waals surface area contributed by atoms with Crippen molar-refractivity contribution in [1.29, 1.82) is 0 Å². The van der Waals surface area contributed by atoms with Crippen molar-refractivity contribution in [3.05, 3.63) is 51.7 Å². The molecule has 1 saturated heterocycles. The van der Waals surface area contributed by atoms with Crippen molar-refractivity contribution < 1.29 is 19.1 Å². The van der Waals surface area contributed by atoms with E-state index in [1.54, 1.807) is 35.4 Å². The van der Waals surface area contributed by atoms with Gasteiger partial charge in [0.15, 0.2) is 0 Å². The lowest BCUT2D eigenvalue weighted by atomic mass is 9.82. The van der Waals surface area contributed by atoms with Crippen LogP contribution in [0.15, 0.2) is 29.6 Å². The third-order valence-corrected chi connectivity index (χ3v) is 5.42. The highest BCUT2D eigenvalue weighted by atomic mass is 32.1. The lowest BCUT2D eigenvalue weighted by Crippen LogP contribution is -2.48. The second kappa shape index (κ2) is 6.92. The van der Waals surface area contributed by atoms with Crippen molar-refractivity contribution in [1.82, 2.24) is 9.88 Å². The number of carbonyl (C=O) groups is 2. The Morgan fingerprint density at radius 2 is 2.16 bits per heavy atom. The van der Waals surface area contributed by atoms with Crippen molar-refractivity contribution in [2.45, 2.75) is 26.2 Å². The van der Waals surface area contributed by atoms with Gasteiger partial charge in [-0.25, -0.2) is 9.37 Å². The highest BCUT2D eigenvalue weighted by molar-refractivity contribution is 7.09. The van der Waals surface area contributed by atoms with E-state index in [1.807, 2.05) is 0 Å². The third kappa shape index (κ3) is 3.71. The van der Waals surface area contributed by atoms with E-state index in [-0.39, 0.29) is 18.3 Å². The molecule has 25 heavy (non-hydrogen) atoms. The van der Waals surface area contributed by atoms with E-state index in [2.05, 4.69) is 4.98 Å². The Labute approximate surface area is 149 Å². The number of halogens is 1. The van der Waals surface area contributed by atoms with Gasteiger partial charge in [0.2, 0.25) is 0 Å².